The number of nitrogens with one attached hydrogen (secondary N) is 1. The molecule has 2 aromatic heterocycles. The minimum absolute atomic E-state index is 0.00974. The third kappa shape index (κ3) is 5.30. The van der Waals surface area contributed by atoms with E-state index in [4.69, 9.17) is 14.5 Å². The van der Waals surface area contributed by atoms with E-state index in [2.05, 4.69) is 29.1 Å². The van der Waals surface area contributed by atoms with Gasteiger partial charge >= 0.3 is 0 Å². The second-order valence-electron chi connectivity index (χ2n) is 9.13. The Bertz CT molecular complexity index is 1120. The molecule has 0 saturated heterocycles. The molecule has 0 aliphatic heterocycles. The van der Waals surface area contributed by atoms with E-state index >= 15 is 0 Å². The predicted molar refractivity (Wildman–Crippen MR) is 126 cm³/mol. The molecule has 0 radical (unpaired) electrons. The highest BCUT2D eigenvalue weighted by molar-refractivity contribution is 5.81. The molecular formula is C26H30N4O3. The standard InChI is InChI=1S/C26H30N4O3/c1-5-23(33-19-8-6-7-18(13-19)32-4)25(31)30-22-15-26(2,3)14-21-20(22)16-28-24(29-21)17-9-11-27-12-10-17/h6-13,16,22-23H,5,14-15H2,1-4H3,(H,30,31)/t22-,23+/m1/s1. The van der Waals surface area contributed by atoms with Gasteiger partial charge in [-0.2, -0.15) is 0 Å². The van der Waals surface area contributed by atoms with E-state index in [1.165, 1.54) is 0 Å². The van der Waals surface area contributed by atoms with Crippen LogP contribution in [-0.2, 0) is 11.2 Å². The van der Waals surface area contributed by atoms with Crippen LogP contribution in [0, 0.1) is 5.41 Å². The molecule has 1 aliphatic rings. The maximum atomic E-state index is 13.2. The Morgan fingerprint density at radius 2 is 1.97 bits per heavy atom. The zero-order valence-corrected chi connectivity index (χ0v) is 19.5. The predicted octanol–water partition coefficient (Wildman–Crippen LogP) is 4.53. The molecule has 33 heavy (non-hydrogen) atoms. The molecule has 7 heteroatoms. The van der Waals surface area contributed by atoms with Crippen LogP contribution in [0.5, 0.6) is 11.5 Å². The minimum Gasteiger partial charge on any atom is -0.497 e. The van der Waals surface area contributed by atoms with Crippen LogP contribution in [0.2, 0.25) is 0 Å². The average Bonchev–Trinajstić information content (AvgIpc) is 2.82. The van der Waals surface area contributed by atoms with Gasteiger partial charge in [0.2, 0.25) is 0 Å². The van der Waals surface area contributed by atoms with Gasteiger partial charge in [0.25, 0.3) is 5.91 Å². The Balaban J connectivity index is 1.55. The summed E-state index contributed by atoms with van der Waals surface area (Å²) in [5.74, 6) is 1.82. The molecule has 0 bridgehead atoms. The number of rotatable bonds is 7. The summed E-state index contributed by atoms with van der Waals surface area (Å²) in [6.45, 7) is 6.34. The monoisotopic (exact) mass is 446 g/mol. The number of carbonyl (C=O) groups excluding carboxylic acids is 1. The lowest BCUT2D eigenvalue weighted by Gasteiger charge is -2.37. The molecule has 7 nitrogen and oxygen atoms in total. The van der Waals surface area contributed by atoms with Crippen molar-refractivity contribution in [3.05, 3.63) is 66.2 Å². The summed E-state index contributed by atoms with van der Waals surface area (Å²) in [4.78, 5) is 26.7. The van der Waals surface area contributed by atoms with E-state index in [-0.39, 0.29) is 17.4 Å². The molecule has 1 N–H and O–H groups in total. The van der Waals surface area contributed by atoms with Gasteiger partial charge in [-0.05, 0) is 48.9 Å². The fourth-order valence-corrected chi connectivity index (χ4v) is 4.24. The van der Waals surface area contributed by atoms with Crippen molar-refractivity contribution in [2.75, 3.05) is 7.11 Å². The summed E-state index contributed by atoms with van der Waals surface area (Å²) >= 11 is 0. The number of amides is 1. The smallest absolute Gasteiger partial charge is 0.261 e. The maximum Gasteiger partial charge on any atom is 0.261 e. The van der Waals surface area contributed by atoms with Crippen LogP contribution >= 0.6 is 0 Å². The van der Waals surface area contributed by atoms with Gasteiger partial charge in [-0.25, -0.2) is 9.97 Å². The molecule has 0 saturated carbocycles. The summed E-state index contributed by atoms with van der Waals surface area (Å²) in [6.07, 6.45) is 6.89. The summed E-state index contributed by atoms with van der Waals surface area (Å²) in [5, 5.41) is 3.20. The Hall–Kier alpha value is -3.48. The number of fused-ring (bicyclic) bond motifs is 1. The lowest BCUT2D eigenvalue weighted by Crippen LogP contribution is -2.43. The van der Waals surface area contributed by atoms with Crippen LogP contribution in [-0.4, -0.2) is 34.1 Å². The molecule has 0 spiro atoms. The Morgan fingerprint density at radius 3 is 2.70 bits per heavy atom. The van der Waals surface area contributed by atoms with Gasteiger partial charge in [-0.1, -0.05) is 26.8 Å². The van der Waals surface area contributed by atoms with E-state index < -0.39 is 6.10 Å². The fraction of sp³-hybridized carbons (Fsp3) is 0.385. The first-order valence-electron chi connectivity index (χ1n) is 11.3. The van der Waals surface area contributed by atoms with E-state index in [1.807, 2.05) is 43.5 Å². The Morgan fingerprint density at radius 1 is 1.21 bits per heavy atom. The zero-order chi connectivity index (χ0) is 23.4. The molecular weight excluding hydrogens is 416 g/mol. The minimum atomic E-state index is -0.609. The van der Waals surface area contributed by atoms with Crippen molar-refractivity contribution in [3.8, 4) is 22.9 Å². The van der Waals surface area contributed by atoms with Gasteiger partial charge in [0.1, 0.15) is 11.5 Å². The normalized spacial score (nSPS) is 17.5. The van der Waals surface area contributed by atoms with Crippen molar-refractivity contribution in [3.63, 3.8) is 0 Å². The van der Waals surface area contributed by atoms with Crippen molar-refractivity contribution in [2.45, 2.75) is 52.2 Å². The lowest BCUT2D eigenvalue weighted by molar-refractivity contribution is -0.129. The van der Waals surface area contributed by atoms with Crippen molar-refractivity contribution >= 4 is 5.91 Å². The summed E-state index contributed by atoms with van der Waals surface area (Å²) in [5.41, 5.74) is 2.86. The van der Waals surface area contributed by atoms with E-state index in [0.29, 0.717) is 23.7 Å². The van der Waals surface area contributed by atoms with Gasteiger partial charge in [-0.3, -0.25) is 9.78 Å². The SMILES string of the molecule is CC[C@H](Oc1cccc(OC)c1)C(=O)N[C@@H]1CC(C)(C)Cc2nc(-c3ccncc3)ncc21. The third-order valence-corrected chi connectivity index (χ3v) is 5.92. The molecule has 2 atom stereocenters. The van der Waals surface area contributed by atoms with Crippen LogP contribution in [0.3, 0.4) is 0 Å². The largest absolute Gasteiger partial charge is 0.497 e. The van der Waals surface area contributed by atoms with Crippen LogP contribution in [0.15, 0.2) is 55.0 Å². The summed E-state index contributed by atoms with van der Waals surface area (Å²) in [6, 6.07) is 10.9. The molecule has 2 heterocycles. The highest BCUT2D eigenvalue weighted by Crippen LogP contribution is 2.40. The number of methoxy groups -OCH3 is 1. The van der Waals surface area contributed by atoms with Gasteiger partial charge in [0.15, 0.2) is 11.9 Å². The van der Waals surface area contributed by atoms with Crippen molar-refractivity contribution < 1.29 is 14.3 Å². The first kappa shape index (κ1) is 22.7. The number of aromatic nitrogens is 3. The van der Waals surface area contributed by atoms with Gasteiger partial charge in [0, 0.05) is 35.8 Å². The first-order valence-corrected chi connectivity index (χ1v) is 11.3. The second kappa shape index (κ2) is 9.57. The molecule has 4 rings (SSSR count). The van der Waals surface area contributed by atoms with Crippen molar-refractivity contribution in [1.29, 1.82) is 0 Å². The number of hydrogen-bond donors (Lipinski definition) is 1. The van der Waals surface area contributed by atoms with Crippen LogP contribution in [0.4, 0.5) is 0 Å². The topological polar surface area (TPSA) is 86.2 Å². The average molecular weight is 447 g/mol. The first-order chi connectivity index (χ1) is 15.9. The van der Waals surface area contributed by atoms with Crippen molar-refractivity contribution in [2.24, 2.45) is 5.41 Å². The Kier molecular flexibility index (Phi) is 6.58. The fourth-order valence-electron chi connectivity index (χ4n) is 4.24. The zero-order valence-electron chi connectivity index (χ0n) is 19.5. The number of pyridine rings is 1. The van der Waals surface area contributed by atoms with Crippen LogP contribution < -0.4 is 14.8 Å². The third-order valence-electron chi connectivity index (χ3n) is 5.92. The molecule has 1 amide bonds. The van der Waals surface area contributed by atoms with Gasteiger partial charge < -0.3 is 14.8 Å². The number of ether oxygens (including phenoxy) is 2. The van der Waals surface area contributed by atoms with Crippen LogP contribution in [0.25, 0.3) is 11.4 Å². The van der Waals surface area contributed by atoms with Gasteiger partial charge in [-0.15, -0.1) is 0 Å². The van der Waals surface area contributed by atoms with Gasteiger partial charge in [0.05, 0.1) is 18.8 Å². The molecule has 172 valence electrons. The molecule has 3 aromatic rings. The summed E-state index contributed by atoms with van der Waals surface area (Å²) in [7, 11) is 1.60. The highest BCUT2D eigenvalue weighted by atomic mass is 16.5. The maximum absolute atomic E-state index is 13.2. The van der Waals surface area contributed by atoms with E-state index in [9.17, 15) is 4.79 Å². The summed E-state index contributed by atoms with van der Waals surface area (Å²) < 4.78 is 11.3. The molecule has 0 fully saturated rings. The molecule has 0 unspecified atom stereocenters. The second-order valence-corrected chi connectivity index (χ2v) is 9.13. The van der Waals surface area contributed by atoms with E-state index in [0.717, 1.165) is 29.7 Å². The number of nitrogens with zero attached hydrogens (tertiary/aromatic N) is 3. The molecule has 1 aliphatic carbocycles. The quantitative estimate of drug-likeness (QED) is 0.574. The van der Waals surface area contributed by atoms with Crippen LogP contribution in [0.1, 0.15) is 50.9 Å². The van der Waals surface area contributed by atoms with Crippen molar-refractivity contribution in [1.82, 2.24) is 20.3 Å². The Labute approximate surface area is 194 Å². The highest BCUT2D eigenvalue weighted by Gasteiger charge is 2.35. The molecule has 1 aromatic carbocycles. The number of benzene rings is 1. The lowest BCUT2D eigenvalue weighted by atomic mass is 9.74. The number of hydrogen-bond acceptors (Lipinski definition) is 6. The number of carbonyl (C=O) groups is 1. The van der Waals surface area contributed by atoms with E-state index in [1.54, 1.807) is 25.6 Å².